The van der Waals surface area contributed by atoms with Gasteiger partial charge in [-0.3, -0.25) is 19.2 Å². The van der Waals surface area contributed by atoms with Gasteiger partial charge < -0.3 is 20.3 Å². The van der Waals surface area contributed by atoms with E-state index in [0.717, 1.165) is 50.3 Å². The van der Waals surface area contributed by atoms with Gasteiger partial charge in [0.05, 0.1) is 18.8 Å². The second-order valence-corrected chi connectivity index (χ2v) is 11.7. The number of anilines is 3. The highest BCUT2D eigenvalue weighted by Gasteiger charge is 2.19. The van der Waals surface area contributed by atoms with E-state index in [1.807, 2.05) is 31.2 Å². The number of piperazine rings is 1. The first-order valence-electron chi connectivity index (χ1n) is 15.8. The molecule has 0 spiro atoms. The van der Waals surface area contributed by atoms with Crippen LogP contribution < -0.4 is 21.1 Å². The standard InChI is InChI=1S/C34H38N10O2/c1-23-19-26(6-7-30(23)43-11-9-35-10-12-43)40-34-38-21-25-20-27(28-22-37-31(39-24(28)2)29-5-3-4-8-36-29)33(45)44(32(25)41-34)14-13-42-15-17-46-18-16-42/h3-8,19-22,35H,9-18H2,1-2H3,(H,38,40,41). The molecule has 0 bridgehead atoms. The summed E-state index contributed by atoms with van der Waals surface area (Å²) in [6, 6.07) is 13.8. The molecule has 0 unspecified atom stereocenters. The molecule has 7 rings (SSSR count). The molecule has 0 saturated carbocycles. The van der Waals surface area contributed by atoms with Gasteiger partial charge >= 0.3 is 0 Å². The highest BCUT2D eigenvalue weighted by atomic mass is 16.5. The van der Waals surface area contributed by atoms with Crippen molar-refractivity contribution in [2.45, 2.75) is 20.4 Å². The quantitative estimate of drug-likeness (QED) is 0.266. The van der Waals surface area contributed by atoms with E-state index in [0.29, 0.717) is 66.2 Å². The van der Waals surface area contributed by atoms with Crippen LogP contribution in [-0.2, 0) is 11.3 Å². The number of fused-ring (bicyclic) bond motifs is 1. The van der Waals surface area contributed by atoms with Crippen LogP contribution in [0.2, 0.25) is 0 Å². The molecule has 0 amide bonds. The second kappa shape index (κ2) is 13.3. The zero-order valence-electron chi connectivity index (χ0n) is 26.2. The molecule has 2 aliphatic heterocycles. The summed E-state index contributed by atoms with van der Waals surface area (Å²) < 4.78 is 7.30. The zero-order valence-corrected chi connectivity index (χ0v) is 26.2. The van der Waals surface area contributed by atoms with Crippen molar-refractivity contribution in [1.82, 2.24) is 39.7 Å². The molecule has 0 radical (unpaired) electrons. The Kier molecular flexibility index (Phi) is 8.64. The van der Waals surface area contributed by atoms with Gasteiger partial charge in [0.25, 0.3) is 5.56 Å². The van der Waals surface area contributed by atoms with E-state index in [9.17, 15) is 4.79 Å². The van der Waals surface area contributed by atoms with E-state index in [1.165, 1.54) is 11.3 Å². The molecular weight excluding hydrogens is 580 g/mol. The molecule has 2 fully saturated rings. The van der Waals surface area contributed by atoms with Crippen molar-refractivity contribution in [1.29, 1.82) is 0 Å². The first-order chi connectivity index (χ1) is 22.5. The number of hydrogen-bond acceptors (Lipinski definition) is 11. The summed E-state index contributed by atoms with van der Waals surface area (Å²) in [5.74, 6) is 0.957. The van der Waals surface area contributed by atoms with Gasteiger partial charge in [-0.25, -0.2) is 15.0 Å². The number of nitrogens with one attached hydrogen (secondary N) is 2. The molecule has 6 heterocycles. The van der Waals surface area contributed by atoms with Gasteiger partial charge in [-0.15, -0.1) is 0 Å². The molecule has 46 heavy (non-hydrogen) atoms. The largest absolute Gasteiger partial charge is 0.379 e. The molecule has 236 valence electrons. The summed E-state index contributed by atoms with van der Waals surface area (Å²) in [7, 11) is 0. The highest BCUT2D eigenvalue weighted by molar-refractivity contribution is 5.82. The van der Waals surface area contributed by atoms with Crippen molar-refractivity contribution in [2.24, 2.45) is 0 Å². The molecule has 2 saturated heterocycles. The third-order valence-electron chi connectivity index (χ3n) is 8.64. The Morgan fingerprint density at radius 2 is 1.74 bits per heavy atom. The zero-order chi connectivity index (χ0) is 31.5. The van der Waals surface area contributed by atoms with Crippen LogP contribution in [0.3, 0.4) is 0 Å². The van der Waals surface area contributed by atoms with Crippen LogP contribution in [0.5, 0.6) is 0 Å². The van der Waals surface area contributed by atoms with Gasteiger partial charge in [0.1, 0.15) is 11.3 Å². The van der Waals surface area contributed by atoms with Gasteiger partial charge in [-0.2, -0.15) is 4.98 Å². The van der Waals surface area contributed by atoms with Gasteiger partial charge in [0, 0.05) is 99.0 Å². The van der Waals surface area contributed by atoms with Crippen LogP contribution in [0, 0.1) is 13.8 Å². The summed E-state index contributed by atoms with van der Waals surface area (Å²) in [5.41, 5.74) is 6.34. The highest BCUT2D eigenvalue weighted by Crippen LogP contribution is 2.27. The van der Waals surface area contributed by atoms with Crippen molar-refractivity contribution >= 4 is 28.4 Å². The number of aromatic nitrogens is 6. The SMILES string of the molecule is Cc1cc(Nc2ncc3cc(-c4cnc(-c5ccccn5)nc4C)c(=O)n(CCN4CCOCC4)c3n2)ccc1N1CCNCC1. The monoisotopic (exact) mass is 618 g/mol. The first-order valence-corrected chi connectivity index (χ1v) is 15.8. The maximum Gasteiger partial charge on any atom is 0.260 e. The minimum absolute atomic E-state index is 0.140. The molecule has 12 heteroatoms. The summed E-state index contributed by atoms with van der Waals surface area (Å²) in [6.07, 6.45) is 5.20. The molecular formula is C34H38N10O2. The van der Waals surface area contributed by atoms with Gasteiger partial charge in [-0.05, 0) is 55.8 Å². The van der Waals surface area contributed by atoms with Crippen molar-refractivity contribution in [3.63, 3.8) is 0 Å². The fourth-order valence-corrected chi connectivity index (χ4v) is 6.16. The van der Waals surface area contributed by atoms with Gasteiger partial charge in [0.2, 0.25) is 5.95 Å². The average Bonchev–Trinajstić information content (AvgIpc) is 3.09. The van der Waals surface area contributed by atoms with Crippen LogP contribution in [0.25, 0.3) is 33.7 Å². The number of aryl methyl sites for hydroxylation is 2. The minimum Gasteiger partial charge on any atom is -0.379 e. The van der Waals surface area contributed by atoms with Crippen LogP contribution in [-0.4, -0.2) is 93.4 Å². The number of rotatable bonds is 8. The summed E-state index contributed by atoms with van der Waals surface area (Å²) >= 11 is 0. The maximum absolute atomic E-state index is 14.2. The van der Waals surface area contributed by atoms with E-state index in [1.54, 1.807) is 23.2 Å². The third-order valence-corrected chi connectivity index (χ3v) is 8.64. The Morgan fingerprint density at radius 1 is 0.891 bits per heavy atom. The van der Waals surface area contributed by atoms with Crippen LogP contribution in [0.4, 0.5) is 17.3 Å². The predicted molar refractivity (Wildman–Crippen MR) is 180 cm³/mol. The predicted octanol–water partition coefficient (Wildman–Crippen LogP) is 3.41. The number of morpholine rings is 1. The van der Waals surface area contributed by atoms with E-state index >= 15 is 0 Å². The van der Waals surface area contributed by atoms with E-state index in [2.05, 4.69) is 60.5 Å². The Labute approximate surface area is 267 Å². The lowest BCUT2D eigenvalue weighted by Gasteiger charge is -2.30. The Bertz CT molecular complexity index is 1900. The number of ether oxygens (including phenoxy) is 1. The van der Waals surface area contributed by atoms with Crippen LogP contribution in [0.1, 0.15) is 11.3 Å². The molecule has 4 aromatic heterocycles. The molecule has 0 aliphatic carbocycles. The van der Waals surface area contributed by atoms with Crippen molar-refractivity contribution < 1.29 is 4.74 Å². The van der Waals surface area contributed by atoms with E-state index in [-0.39, 0.29) is 5.56 Å². The smallest absolute Gasteiger partial charge is 0.260 e. The Balaban J connectivity index is 1.23. The fourth-order valence-electron chi connectivity index (χ4n) is 6.16. The van der Waals surface area contributed by atoms with Crippen molar-refractivity contribution in [3.05, 3.63) is 82.7 Å². The molecule has 1 aromatic carbocycles. The average molecular weight is 619 g/mol. The van der Waals surface area contributed by atoms with Crippen molar-refractivity contribution in [3.8, 4) is 22.6 Å². The van der Waals surface area contributed by atoms with Crippen LogP contribution in [0.15, 0.2) is 65.8 Å². The molecule has 2 N–H and O–H groups in total. The summed E-state index contributed by atoms with van der Waals surface area (Å²) in [4.78, 5) is 42.1. The summed E-state index contributed by atoms with van der Waals surface area (Å²) in [6.45, 7) is 12.2. The number of nitrogens with zero attached hydrogens (tertiary/aromatic N) is 8. The van der Waals surface area contributed by atoms with Gasteiger partial charge in [0.15, 0.2) is 5.82 Å². The molecule has 0 atom stereocenters. The number of pyridine rings is 2. The maximum atomic E-state index is 14.2. The topological polar surface area (TPSA) is 126 Å². The van der Waals surface area contributed by atoms with E-state index < -0.39 is 0 Å². The van der Waals surface area contributed by atoms with Crippen LogP contribution >= 0.6 is 0 Å². The number of hydrogen-bond donors (Lipinski definition) is 2. The third kappa shape index (κ3) is 6.32. The lowest BCUT2D eigenvalue weighted by molar-refractivity contribution is 0.0364. The Hall–Kier alpha value is -4.78. The molecule has 5 aromatic rings. The second-order valence-electron chi connectivity index (χ2n) is 11.7. The fraction of sp³-hybridized carbons (Fsp3) is 0.353. The van der Waals surface area contributed by atoms with Crippen molar-refractivity contribution in [2.75, 3.05) is 69.2 Å². The van der Waals surface area contributed by atoms with Gasteiger partial charge in [-0.1, -0.05) is 6.07 Å². The summed E-state index contributed by atoms with van der Waals surface area (Å²) in [5, 5.41) is 7.55. The Morgan fingerprint density at radius 3 is 2.50 bits per heavy atom. The first kappa shape index (κ1) is 29.9. The lowest BCUT2D eigenvalue weighted by Crippen LogP contribution is -2.43. The van der Waals surface area contributed by atoms with E-state index in [4.69, 9.17) is 14.7 Å². The normalized spacial score (nSPS) is 15.7. The number of benzene rings is 1. The molecule has 2 aliphatic rings. The minimum atomic E-state index is -0.140. The molecule has 12 nitrogen and oxygen atoms in total. The lowest BCUT2D eigenvalue weighted by atomic mass is 10.1.